The van der Waals surface area contributed by atoms with Crippen molar-refractivity contribution in [3.8, 4) is 0 Å². The predicted octanol–water partition coefficient (Wildman–Crippen LogP) is 3.47. The number of nitrogens with zero attached hydrogens (tertiary/aromatic N) is 1. The summed E-state index contributed by atoms with van der Waals surface area (Å²) in [5.74, 6) is 1.20. The summed E-state index contributed by atoms with van der Waals surface area (Å²) in [6.07, 6.45) is 6.73. The van der Waals surface area contributed by atoms with Gasteiger partial charge in [0.15, 0.2) is 5.13 Å². The molecular weight excluding hydrogens is 350 g/mol. The van der Waals surface area contributed by atoms with E-state index in [0.717, 1.165) is 36.6 Å². The molecule has 126 valence electrons. The Hall–Kier alpha value is -0.730. The fourth-order valence-corrected chi connectivity index (χ4v) is 6.67. The van der Waals surface area contributed by atoms with Crippen LogP contribution < -0.4 is 10.6 Å². The summed E-state index contributed by atoms with van der Waals surface area (Å²) in [5, 5.41) is 7.03. The van der Waals surface area contributed by atoms with Gasteiger partial charge in [0.05, 0.1) is 5.69 Å². The first-order valence-corrected chi connectivity index (χ1v) is 11.3. The molecule has 23 heavy (non-hydrogen) atoms. The Morgan fingerprint density at radius 1 is 1.39 bits per heavy atom. The monoisotopic (exact) mass is 371 g/mol. The zero-order valence-electron chi connectivity index (χ0n) is 12.9. The Kier molecular flexibility index (Phi) is 6.24. The fraction of sp³-hybridized carbons (Fsp3) is 0.667. The first kappa shape index (κ1) is 17.1. The Morgan fingerprint density at radius 3 is 3.13 bits per heavy atom. The summed E-state index contributed by atoms with van der Waals surface area (Å²) in [6.45, 7) is 0.696. The second-order valence-corrected chi connectivity index (χ2v) is 9.56. The Morgan fingerprint density at radius 2 is 2.30 bits per heavy atom. The number of unbranched alkanes of at least 4 members (excludes halogenated alkanes) is 1. The van der Waals surface area contributed by atoms with Crippen LogP contribution in [0.1, 0.15) is 53.9 Å². The average molecular weight is 372 g/mol. The van der Waals surface area contributed by atoms with E-state index >= 15 is 0 Å². The first-order chi connectivity index (χ1) is 11.2. The third-order valence-electron chi connectivity index (χ3n) is 3.93. The summed E-state index contributed by atoms with van der Waals surface area (Å²) in [4.78, 5) is 29.0. The van der Waals surface area contributed by atoms with Crippen molar-refractivity contribution in [1.29, 1.82) is 0 Å². The Balaban J connectivity index is 1.42. The van der Waals surface area contributed by atoms with E-state index in [9.17, 15) is 9.59 Å². The summed E-state index contributed by atoms with van der Waals surface area (Å²) >= 11 is 1.28. The maximum absolute atomic E-state index is 12.0. The number of aromatic nitrogens is 1. The molecule has 2 aliphatic heterocycles. The van der Waals surface area contributed by atoms with Crippen LogP contribution in [-0.4, -0.2) is 34.3 Å². The lowest BCUT2D eigenvalue weighted by Gasteiger charge is -2.06. The second kappa shape index (κ2) is 8.39. The predicted molar refractivity (Wildman–Crippen MR) is 98.3 cm³/mol. The summed E-state index contributed by atoms with van der Waals surface area (Å²) in [5.41, 5.74) is 0.816. The molecule has 0 aromatic carbocycles. The van der Waals surface area contributed by atoms with E-state index in [0.29, 0.717) is 23.0 Å². The van der Waals surface area contributed by atoms with Gasteiger partial charge < -0.3 is 10.6 Å². The van der Waals surface area contributed by atoms with Gasteiger partial charge in [-0.15, -0.1) is 0 Å². The van der Waals surface area contributed by atoms with Crippen molar-refractivity contribution in [1.82, 2.24) is 10.3 Å². The number of hydrogen-bond donors (Lipinski definition) is 2. The highest BCUT2D eigenvalue weighted by Crippen LogP contribution is 2.39. The smallest absolute Gasteiger partial charge is 0.263 e. The standard InChI is InChI=1S/C15H21N3O2S3/c19-12(6-2-1-4-10-7-9-21-23-10)18-15-17-11-5-3-8-16-14(20)13(11)22-15/h10H,1-9H2,(H,16,20)(H,17,18,19). The average Bonchev–Trinajstić information content (AvgIpc) is 3.14. The van der Waals surface area contributed by atoms with Crippen molar-refractivity contribution in [2.45, 2.75) is 50.2 Å². The van der Waals surface area contributed by atoms with Crippen LogP contribution in [-0.2, 0) is 11.2 Å². The normalized spacial score (nSPS) is 20.7. The first-order valence-electron chi connectivity index (χ1n) is 8.08. The van der Waals surface area contributed by atoms with Gasteiger partial charge in [-0.2, -0.15) is 0 Å². The maximum atomic E-state index is 12.0. The van der Waals surface area contributed by atoms with Crippen LogP contribution in [0.4, 0.5) is 5.13 Å². The number of anilines is 1. The number of fused-ring (bicyclic) bond motifs is 1. The molecule has 0 bridgehead atoms. The van der Waals surface area contributed by atoms with E-state index in [1.807, 2.05) is 21.6 Å². The molecule has 0 aliphatic carbocycles. The van der Waals surface area contributed by atoms with Gasteiger partial charge in [0.1, 0.15) is 4.88 Å². The topological polar surface area (TPSA) is 71.1 Å². The molecule has 1 saturated heterocycles. The van der Waals surface area contributed by atoms with E-state index < -0.39 is 0 Å². The molecule has 2 aliphatic rings. The SMILES string of the molecule is O=C(CCCCC1CCSS1)Nc1nc2c(s1)C(=O)NCCC2. The number of hydrogen-bond acceptors (Lipinski definition) is 6. The molecule has 1 atom stereocenters. The molecular formula is C15H21N3O2S3. The van der Waals surface area contributed by atoms with Gasteiger partial charge in [0, 0.05) is 24.0 Å². The molecule has 5 nitrogen and oxygen atoms in total. The van der Waals surface area contributed by atoms with Crippen LogP contribution >= 0.6 is 32.9 Å². The molecule has 3 rings (SSSR count). The fourth-order valence-electron chi connectivity index (χ4n) is 2.69. The molecule has 0 radical (unpaired) electrons. The summed E-state index contributed by atoms with van der Waals surface area (Å²) < 4.78 is 0. The van der Waals surface area contributed by atoms with Crippen molar-refractivity contribution in [2.75, 3.05) is 17.6 Å². The minimum absolute atomic E-state index is 0.00256. The van der Waals surface area contributed by atoms with Crippen molar-refractivity contribution in [2.24, 2.45) is 0 Å². The summed E-state index contributed by atoms with van der Waals surface area (Å²) in [6, 6.07) is 0. The molecule has 8 heteroatoms. The van der Waals surface area contributed by atoms with E-state index in [1.165, 1.54) is 29.9 Å². The van der Waals surface area contributed by atoms with Gasteiger partial charge in [0.25, 0.3) is 5.91 Å². The quantitative estimate of drug-likeness (QED) is 0.592. The van der Waals surface area contributed by atoms with Crippen molar-refractivity contribution < 1.29 is 9.59 Å². The van der Waals surface area contributed by atoms with Crippen molar-refractivity contribution in [3.05, 3.63) is 10.6 Å². The molecule has 0 spiro atoms. The molecule has 1 unspecified atom stereocenters. The minimum atomic E-state index is -0.0672. The van der Waals surface area contributed by atoms with Gasteiger partial charge >= 0.3 is 0 Å². The Bertz CT molecular complexity index is 570. The molecule has 2 N–H and O–H groups in total. The maximum Gasteiger partial charge on any atom is 0.263 e. The Labute approximate surface area is 148 Å². The molecule has 1 aromatic heterocycles. The zero-order chi connectivity index (χ0) is 16.1. The number of amides is 2. The van der Waals surface area contributed by atoms with Gasteiger partial charge in [-0.05, 0) is 32.1 Å². The van der Waals surface area contributed by atoms with E-state index in [1.54, 1.807) is 0 Å². The lowest BCUT2D eigenvalue weighted by atomic mass is 10.1. The van der Waals surface area contributed by atoms with Gasteiger partial charge in [0.2, 0.25) is 5.91 Å². The highest BCUT2D eigenvalue weighted by atomic mass is 33.1. The van der Waals surface area contributed by atoms with Crippen molar-refractivity contribution in [3.63, 3.8) is 0 Å². The number of carbonyl (C=O) groups excluding carboxylic acids is 2. The molecule has 3 heterocycles. The van der Waals surface area contributed by atoms with Gasteiger partial charge in [-0.1, -0.05) is 39.3 Å². The highest BCUT2D eigenvalue weighted by Gasteiger charge is 2.21. The third kappa shape index (κ3) is 4.87. The number of nitrogens with one attached hydrogen (secondary N) is 2. The lowest BCUT2D eigenvalue weighted by Crippen LogP contribution is -2.21. The molecule has 1 fully saturated rings. The number of aryl methyl sites for hydroxylation is 1. The highest BCUT2D eigenvalue weighted by molar-refractivity contribution is 8.77. The van der Waals surface area contributed by atoms with Crippen LogP contribution in [0, 0.1) is 0 Å². The summed E-state index contributed by atoms with van der Waals surface area (Å²) in [7, 11) is 3.95. The van der Waals surface area contributed by atoms with Crippen LogP contribution in [0.5, 0.6) is 0 Å². The second-order valence-electron chi connectivity index (χ2n) is 5.78. The van der Waals surface area contributed by atoms with E-state index in [2.05, 4.69) is 15.6 Å². The van der Waals surface area contributed by atoms with Crippen LogP contribution in [0.25, 0.3) is 0 Å². The van der Waals surface area contributed by atoms with Crippen molar-refractivity contribution >= 4 is 49.9 Å². The number of rotatable bonds is 6. The largest absolute Gasteiger partial charge is 0.351 e. The van der Waals surface area contributed by atoms with Crippen LogP contribution in [0.15, 0.2) is 0 Å². The van der Waals surface area contributed by atoms with Gasteiger partial charge in [-0.25, -0.2) is 4.98 Å². The molecule has 2 amide bonds. The zero-order valence-corrected chi connectivity index (χ0v) is 15.4. The van der Waals surface area contributed by atoms with E-state index in [4.69, 9.17) is 0 Å². The van der Waals surface area contributed by atoms with Crippen LogP contribution in [0.3, 0.4) is 0 Å². The van der Waals surface area contributed by atoms with E-state index in [-0.39, 0.29) is 11.8 Å². The lowest BCUT2D eigenvalue weighted by molar-refractivity contribution is -0.116. The van der Waals surface area contributed by atoms with Gasteiger partial charge in [-0.3, -0.25) is 9.59 Å². The molecule has 1 aromatic rings. The number of thiazole rings is 1. The molecule has 0 saturated carbocycles. The minimum Gasteiger partial charge on any atom is -0.351 e. The van der Waals surface area contributed by atoms with Crippen LogP contribution in [0.2, 0.25) is 0 Å². The third-order valence-corrected chi connectivity index (χ3v) is 7.95. The number of carbonyl (C=O) groups is 2.